The predicted octanol–water partition coefficient (Wildman–Crippen LogP) is 1.35. The molecule has 1 aromatic heterocycles. The topological polar surface area (TPSA) is 58.0 Å². The normalized spacial score (nSPS) is 12.5. The average molecular weight is 213 g/mol. The van der Waals surface area contributed by atoms with Crippen molar-refractivity contribution in [2.45, 2.75) is 20.3 Å². The molecule has 0 fully saturated rings. The summed E-state index contributed by atoms with van der Waals surface area (Å²) >= 11 is 0. The largest absolute Gasteiger partial charge is 0.396 e. The van der Waals surface area contributed by atoms with E-state index in [1.54, 1.807) is 6.92 Å². The smallest absolute Gasteiger partial charge is 0.186 e. The Bertz CT molecular complexity index is 320. The molecule has 0 saturated carbocycles. The van der Waals surface area contributed by atoms with E-state index < -0.39 is 5.82 Å². The molecule has 0 aromatic carbocycles. The van der Waals surface area contributed by atoms with Gasteiger partial charge in [-0.2, -0.15) is 0 Å². The average Bonchev–Trinajstić information content (AvgIpc) is 2.21. The zero-order valence-electron chi connectivity index (χ0n) is 9.00. The van der Waals surface area contributed by atoms with Crippen LogP contribution in [-0.2, 0) is 0 Å². The first-order chi connectivity index (χ1) is 7.15. The van der Waals surface area contributed by atoms with Crippen LogP contribution in [0.2, 0.25) is 0 Å². The molecular weight excluding hydrogens is 197 g/mol. The molecule has 0 aliphatic carbocycles. The number of nitrogens with one attached hydrogen (secondary N) is 1. The molecule has 0 saturated heterocycles. The third-order valence-electron chi connectivity index (χ3n) is 2.20. The van der Waals surface area contributed by atoms with E-state index >= 15 is 0 Å². The van der Waals surface area contributed by atoms with Crippen LogP contribution in [0.3, 0.4) is 0 Å². The van der Waals surface area contributed by atoms with Gasteiger partial charge in [0, 0.05) is 13.2 Å². The third-order valence-corrected chi connectivity index (χ3v) is 2.20. The minimum Gasteiger partial charge on any atom is -0.396 e. The molecule has 1 rings (SSSR count). The molecule has 5 heteroatoms. The van der Waals surface area contributed by atoms with Gasteiger partial charge in [-0.05, 0) is 19.3 Å². The summed E-state index contributed by atoms with van der Waals surface area (Å²) < 4.78 is 13.4. The van der Waals surface area contributed by atoms with Gasteiger partial charge in [0.05, 0.1) is 5.69 Å². The van der Waals surface area contributed by atoms with Crippen molar-refractivity contribution in [2.75, 3.05) is 18.5 Å². The Kier molecular flexibility index (Phi) is 4.42. The Morgan fingerprint density at radius 2 is 2.27 bits per heavy atom. The highest BCUT2D eigenvalue weighted by atomic mass is 19.1. The number of nitrogens with zero attached hydrogens (tertiary/aromatic N) is 2. The Morgan fingerprint density at radius 1 is 1.53 bits per heavy atom. The monoisotopic (exact) mass is 213 g/mol. The molecular formula is C10H16FN3O. The highest BCUT2D eigenvalue weighted by Crippen LogP contribution is 2.12. The first-order valence-corrected chi connectivity index (χ1v) is 4.97. The van der Waals surface area contributed by atoms with Gasteiger partial charge in [0.25, 0.3) is 0 Å². The van der Waals surface area contributed by atoms with Crippen molar-refractivity contribution in [2.24, 2.45) is 5.92 Å². The first kappa shape index (κ1) is 11.8. The second kappa shape index (κ2) is 5.60. The molecule has 84 valence electrons. The van der Waals surface area contributed by atoms with E-state index in [1.807, 2.05) is 6.92 Å². The van der Waals surface area contributed by atoms with Gasteiger partial charge in [-0.1, -0.05) is 6.92 Å². The molecule has 0 bridgehead atoms. The summed E-state index contributed by atoms with van der Waals surface area (Å²) in [6.07, 6.45) is 2.02. The first-order valence-electron chi connectivity index (χ1n) is 4.97. The zero-order chi connectivity index (χ0) is 11.3. The van der Waals surface area contributed by atoms with Crippen LogP contribution in [0.5, 0.6) is 0 Å². The quantitative estimate of drug-likeness (QED) is 0.775. The minimum atomic E-state index is -0.409. The number of halogens is 1. The van der Waals surface area contributed by atoms with Gasteiger partial charge >= 0.3 is 0 Å². The van der Waals surface area contributed by atoms with Crippen molar-refractivity contribution in [1.82, 2.24) is 9.97 Å². The second-order valence-electron chi connectivity index (χ2n) is 3.62. The van der Waals surface area contributed by atoms with E-state index in [-0.39, 0.29) is 18.3 Å². The van der Waals surface area contributed by atoms with Crippen molar-refractivity contribution in [3.63, 3.8) is 0 Å². The minimum absolute atomic E-state index is 0.147. The van der Waals surface area contributed by atoms with E-state index in [4.69, 9.17) is 5.11 Å². The summed E-state index contributed by atoms with van der Waals surface area (Å²) in [7, 11) is 0. The molecule has 0 aliphatic rings. The van der Waals surface area contributed by atoms with Crippen LogP contribution < -0.4 is 5.32 Å². The molecule has 15 heavy (non-hydrogen) atoms. The Hall–Kier alpha value is -1.23. The maximum atomic E-state index is 13.4. The molecule has 1 aromatic rings. The highest BCUT2D eigenvalue weighted by Gasteiger charge is 2.08. The highest BCUT2D eigenvalue weighted by molar-refractivity contribution is 5.36. The zero-order valence-corrected chi connectivity index (χ0v) is 9.00. The summed E-state index contributed by atoms with van der Waals surface area (Å²) in [6.45, 7) is 4.32. The number of hydrogen-bond acceptors (Lipinski definition) is 4. The number of anilines is 1. The van der Waals surface area contributed by atoms with Crippen molar-refractivity contribution in [1.29, 1.82) is 0 Å². The van der Waals surface area contributed by atoms with Crippen molar-refractivity contribution >= 4 is 5.82 Å². The van der Waals surface area contributed by atoms with Crippen molar-refractivity contribution < 1.29 is 9.50 Å². The van der Waals surface area contributed by atoms with E-state index in [1.165, 1.54) is 6.33 Å². The third kappa shape index (κ3) is 3.43. The molecule has 4 nitrogen and oxygen atoms in total. The fourth-order valence-corrected chi connectivity index (χ4v) is 1.17. The Balaban J connectivity index is 2.54. The van der Waals surface area contributed by atoms with E-state index in [0.717, 1.165) is 0 Å². The lowest BCUT2D eigenvalue weighted by molar-refractivity contribution is 0.265. The van der Waals surface area contributed by atoms with Gasteiger partial charge in [-0.15, -0.1) is 0 Å². The van der Waals surface area contributed by atoms with Crippen molar-refractivity contribution in [3.05, 3.63) is 17.8 Å². The molecule has 1 unspecified atom stereocenters. The lowest BCUT2D eigenvalue weighted by Crippen LogP contribution is -2.14. The molecule has 2 N–H and O–H groups in total. The van der Waals surface area contributed by atoms with Crippen LogP contribution in [0, 0.1) is 18.7 Å². The van der Waals surface area contributed by atoms with Gasteiger partial charge in [-0.25, -0.2) is 14.4 Å². The van der Waals surface area contributed by atoms with E-state index in [9.17, 15) is 4.39 Å². The molecule has 1 atom stereocenters. The summed E-state index contributed by atoms with van der Waals surface area (Å²) in [5.74, 6) is 0.102. The Labute approximate surface area is 88.6 Å². The van der Waals surface area contributed by atoms with Crippen LogP contribution in [0.25, 0.3) is 0 Å². The van der Waals surface area contributed by atoms with Crippen LogP contribution in [0.15, 0.2) is 6.33 Å². The molecule has 0 aliphatic heterocycles. The van der Waals surface area contributed by atoms with Crippen LogP contribution in [0.1, 0.15) is 19.0 Å². The maximum Gasteiger partial charge on any atom is 0.186 e. The summed E-state index contributed by atoms with van der Waals surface area (Å²) in [6, 6.07) is 0. The second-order valence-corrected chi connectivity index (χ2v) is 3.62. The van der Waals surface area contributed by atoms with Gasteiger partial charge in [0.1, 0.15) is 6.33 Å². The fourth-order valence-electron chi connectivity index (χ4n) is 1.17. The lowest BCUT2D eigenvalue weighted by Gasteiger charge is -2.12. The van der Waals surface area contributed by atoms with Gasteiger partial charge in [-0.3, -0.25) is 0 Å². The standard InChI is InChI=1S/C10H16FN3O/c1-7(3-4-15)5-12-10-9(11)8(2)13-6-14-10/h6-7,15H,3-5H2,1-2H3,(H,12,13,14). The van der Waals surface area contributed by atoms with Gasteiger partial charge in [0.15, 0.2) is 11.6 Å². The summed E-state index contributed by atoms with van der Waals surface area (Å²) in [4.78, 5) is 7.55. The number of rotatable bonds is 5. The lowest BCUT2D eigenvalue weighted by atomic mass is 10.1. The summed E-state index contributed by atoms with van der Waals surface area (Å²) in [5.41, 5.74) is 0.335. The molecule has 0 spiro atoms. The molecule has 1 heterocycles. The number of aliphatic hydroxyl groups is 1. The fraction of sp³-hybridized carbons (Fsp3) is 0.600. The number of aryl methyl sites for hydroxylation is 1. The number of hydrogen-bond donors (Lipinski definition) is 2. The molecule has 0 amide bonds. The van der Waals surface area contributed by atoms with Crippen LogP contribution in [0.4, 0.5) is 10.2 Å². The SMILES string of the molecule is Cc1ncnc(NCC(C)CCO)c1F. The van der Waals surface area contributed by atoms with E-state index in [0.29, 0.717) is 18.7 Å². The van der Waals surface area contributed by atoms with Crippen LogP contribution in [-0.4, -0.2) is 28.2 Å². The van der Waals surface area contributed by atoms with Gasteiger partial charge < -0.3 is 10.4 Å². The molecule has 0 radical (unpaired) electrons. The number of aromatic nitrogens is 2. The van der Waals surface area contributed by atoms with E-state index in [2.05, 4.69) is 15.3 Å². The predicted molar refractivity (Wildman–Crippen MR) is 56.1 cm³/mol. The van der Waals surface area contributed by atoms with Gasteiger partial charge in [0.2, 0.25) is 0 Å². The number of aliphatic hydroxyl groups excluding tert-OH is 1. The van der Waals surface area contributed by atoms with Crippen LogP contribution >= 0.6 is 0 Å². The van der Waals surface area contributed by atoms with Crippen molar-refractivity contribution in [3.8, 4) is 0 Å². The summed E-state index contributed by atoms with van der Waals surface area (Å²) in [5, 5.41) is 11.6. The Morgan fingerprint density at radius 3 is 2.93 bits per heavy atom. The maximum absolute atomic E-state index is 13.4.